The average Bonchev–Trinajstić information content (AvgIpc) is 2.94. The van der Waals surface area contributed by atoms with E-state index >= 15 is 0 Å². The van der Waals surface area contributed by atoms with Gasteiger partial charge in [0, 0.05) is 31.1 Å². The lowest BCUT2D eigenvalue weighted by atomic mass is 10.1. The fourth-order valence-electron chi connectivity index (χ4n) is 2.46. The Labute approximate surface area is 175 Å². The second-order valence-corrected chi connectivity index (χ2v) is 6.91. The molecule has 0 fully saturated rings. The molecule has 0 aliphatic carbocycles. The first kappa shape index (κ1) is 22.4. The number of thiazole rings is 1. The third-order valence-corrected chi connectivity index (χ3v) is 4.83. The standard InChI is InChI=1S/C18H25N5OS.HI/c1-12-16(25-13(2)23-12)11-22-18(20-4)21-9-8-14-6-5-7-15(10-14)17(24)19-3;/h5-7,10H,8-9,11H2,1-4H3,(H,19,24)(H2,20,21,22);1H. The smallest absolute Gasteiger partial charge is 0.251 e. The summed E-state index contributed by atoms with van der Waals surface area (Å²) in [6.07, 6.45) is 0.810. The molecule has 0 spiro atoms. The lowest BCUT2D eigenvalue weighted by Crippen LogP contribution is -2.37. The van der Waals surface area contributed by atoms with Crippen LogP contribution in [0.4, 0.5) is 0 Å². The molecule has 0 saturated heterocycles. The number of aryl methyl sites for hydroxylation is 2. The topological polar surface area (TPSA) is 78.4 Å². The van der Waals surface area contributed by atoms with Crippen LogP contribution in [0.3, 0.4) is 0 Å². The summed E-state index contributed by atoms with van der Waals surface area (Å²) in [6.45, 7) is 5.48. The number of carbonyl (C=O) groups excluding carboxylic acids is 1. The number of rotatable bonds is 6. The molecule has 26 heavy (non-hydrogen) atoms. The number of nitrogens with zero attached hydrogens (tertiary/aromatic N) is 2. The summed E-state index contributed by atoms with van der Waals surface area (Å²) in [5.41, 5.74) is 2.85. The Hall–Kier alpha value is -1.68. The van der Waals surface area contributed by atoms with E-state index in [4.69, 9.17) is 0 Å². The SMILES string of the molecule is CN=C(NCCc1cccc(C(=O)NC)c1)NCc1sc(C)nc1C.I. The number of aromatic nitrogens is 1. The number of carbonyl (C=O) groups is 1. The van der Waals surface area contributed by atoms with Crippen LogP contribution in [0.1, 0.15) is 31.5 Å². The van der Waals surface area contributed by atoms with E-state index in [1.54, 1.807) is 25.4 Å². The number of benzene rings is 1. The Kier molecular flexibility index (Phi) is 9.57. The molecule has 0 saturated carbocycles. The molecule has 2 aromatic rings. The lowest BCUT2D eigenvalue weighted by molar-refractivity contribution is 0.0963. The van der Waals surface area contributed by atoms with Crippen LogP contribution in [0.5, 0.6) is 0 Å². The lowest BCUT2D eigenvalue weighted by Gasteiger charge is -2.12. The van der Waals surface area contributed by atoms with Crippen LogP contribution in [0.2, 0.25) is 0 Å². The fraction of sp³-hybridized carbons (Fsp3) is 0.389. The molecule has 3 N–H and O–H groups in total. The maximum atomic E-state index is 11.7. The number of nitrogens with one attached hydrogen (secondary N) is 3. The van der Waals surface area contributed by atoms with Crippen LogP contribution < -0.4 is 16.0 Å². The largest absolute Gasteiger partial charge is 0.356 e. The van der Waals surface area contributed by atoms with Crippen molar-refractivity contribution in [2.45, 2.75) is 26.8 Å². The van der Waals surface area contributed by atoms with Crippen LogP contribution in [0.15, 0.2) is 29.3 Å². The number of amides is 1. The number of guanidine groups is 1. The highest BCUT2D eigenvalue weighted by Crippen LogP contribution is 2.16. The second kappa shape index (κ2) is 11.1. The summed E-state index contributed by atoms with van der Waals surface area (Å²) in [6, 6.07) is 7.66. The molecule has 1 amide bonds. The number of hydrogen-bond acceptors (Lipinski definition) is 4. The predicted octanol–water partition coefficient (Wildman–Crippen LogP) is 2.65. The normalized spacial score (nSPS) is 10.8. The van der Waals surface area contributed by atoms with Crippen LogP contribution in [0, 0.1) is 13.8 Å². The number of halogens is 1. The molecule has 0 radical (unpaired) electrons. The van der Waals surface area contributed by atoms with Crippen LogP contribution >= 0.6 is 35.3 Å². The summed E-state index contributed by atoms with van der Waals surface area (Å²) in [5.74, 6) is 0.690. The van der Waals surface area contributed by atoms with Gasteiger partial charge >= 0.3 is 0 Å². The molecule has 142 valence electrons. The van der Waals surface area contributed by atoms with Crippen LogP contribution in [-0.2, 0) is 13.0 Å². The zero-order valence-corrected chi connectivity index (χ0v) is 18.7. The van der Waals surface area contributed by atoms with Crippen molar-refractivity contribution in [3.05, 3.63) is 51.0 Å². The Morgan fingerprint density at radius 1 is 1.27 bits per heavy atom. The predicted molar refractivity (Wildman–Crippen MR) is 119 cm³/mol. The summed E-state index contributed by atoms with van der Waals surface area (Å²) in [5, 5.41) is 10.3. The van der Waals surface area contributed by atoms with E-state index < -0.39 is 0 Å². The van der Waals surface area contributed by atoms with E-state index in [9.17, 15) is 4.79 Å². The van der Waals surface area contributed by atoms with Gasteiger partial charge in [-0.25, -0.2) is 4.98 Å². The zero-order valence-electron chi connectivity index (χ0n) is 15.5. The summed E-state index contributed by atoms with van der Waals surface area (Å²) in [7, 11) is 3.39. The zero-order chi connectivity index (χ0) is 18.2. The molecule has 1 aromatic carbocycles. The van der Waals surface area contributed by atoms with E-state index in [-0.39, 0.29) is 29.9 Å². The van der Waals surface area contributed by atoms with E-state index in [1.807, 2.05) is 38.1 Å². The summed E-state index contributed by atoms with van der Waals surface area (Å²) >= 11 is 1.70. The van der Waals surface area contributed by atoms with E-state index in [1.165, 1.54) is 4.88 Å². The van der Waals surface area contributed by atoms with Crippen molar-refractivity contribution in [3.8, 4) is 0 Å². The molecule has 6 nitrogen and oxygen atoms in total. The summed E-state index contributed by atoms with van der Waals surface area (Å²) in [4.78, 5) is 21.6. The van der Waals surface area contributed by atoms with Crippen LogP contribution in [0.25, 0.3) is 0 Å². The van der Waals surface area contributed by atoms with E-state index in [2.05, 4.69) is 25.9 Å². The molecule has 0 aliphatic rings. The Bertz CT molecular complexity index is 760. The van der Waals surface area contributed by atoms with Gasteiger partial charge in [-0.3, -0.25) is 9.79 Å². The van der Waals surface area contributed by atoms with Gasteiger partial charge in [-0.15, -0.1) is 35.3 Å². The number of aliphatic imine (C=N–C) groups is 1. The highest BCUT2D eigenvalue weighted by molar-refractivity contribution is 14.0. The number of hydrogen-bond donors (Lipinski definition) is 3. The molecule has 0 unspecified atom stereocenters. The fourth-order valence-corrected chi connectivity index (χ4v) is 3.34. The highest BCUT2D eigenvalue weighted by atomic mass is 127. The molecule has 8 heteroatoms. The van der Waals surface area contributed by atoms with Crippen molar-refractivity contribution in [3.63, 3.8) is 0 Å². The van der Waals surface area contributed by atoms with Crippen molar-refractivity contribution >= 4 is 47.2 Å². The van der Waals surface area contributed by atoms with Gasteiger partial charge in [0.15, 0.2) is 5.96 Å². The summed E-state index contributed by atoms with van der Waals surface area (Å²) < 4.78 is 0. The van der Waals surface area contributed by atoms with Gasteiger partial charge in [-0.2, -0.15) is 0 Å². The third kappa shape index (κ3) is 6.56. The maximum absolute atomic E-state index is 11.7. The average molecular weight is 487 g/mol. The molecular weight excluding hydrogens is 461 g/mol. The van der Waals surface area contributed by atoms with Crippen molar-refractivity contribution in [1.29, 1.82) is 0 Å². The molecular formula is C18H26IN5OS. The first-order valence-corrected chi connectivity index (χ1v) is 9.03. The first-order valence-electron chi connectivity index (χ1n) is 8.22. The minimum atomic E-state index is -0.0671. The van der Waals surface area contributed by atoms with Gasteiger partial charge < -0.3 is 16.0 Å². The van der Waals surface area contributed by atoms with Gasteiger partial charge in [0.1, 0.15) is 0 Å². The van der Waals surface area contributed by atoms with Crippen molar-refractivity contribution in [2.24, 2.45) is 4.99 Å². The molecule has 1 heterocycles. The molecule has 0 aliphatic heterocycles. The van der Waals surface area contributed by atoms with E-state index in [0.717, 1.165) is 35.2 Å². The maximum Gasteiger partial charge on any atom is 0.251 e. The molecule has 1 aromatic heterocycles. The molecule has 0 atom stereocenters. The van der Waals surface area contributed by atoms with Gasteiger partial charge in [0.25, 0.3) is 5.91 Å². The van der Waals surface area contributed by atoms with Crippen molar-refractivity contribution < 1.29 is 4.79 Å². The third-order valence-electron chi connectivity index (χ3n) is 3.76. The Morgan fingerprint density at radius 3 is 2.65 bits per heavy atom. The van der Waals surface area contributed by atoms with Crippen molar-refractivity contribution in [1.82, 2.24) is 20.9 Å². The first-order chi connectivity index (χ1) is 12.0. The Morgan fingerprint density at radius 2 is 2.04 bits per heavy atom. The van der Waals surface area contributed by atoms with Crippen LogP contribution in [-0.4, -0.2) is 37.5 Å². The van der Waals surface area contributed by atoms with Gasteiger partial charge in [-0.1, -0.05) is 12.1 Å². The second-order valence-electron chi connectivity index (χ2n) is 5.62. The highest BCUT2D eigenvalue weighted by Gasteiger charge is 2.06. The Balaban J connectivity index is 0.00000338. The monoisotopic (exact) mass is 487 g/mol. The molecule has 0 bridgehead atoms. The van der Waals surface area contributed by atoms with Gasteiger partial charge in [0.2, 0.25) is 0 Å². The quantitative estimate of drug-likeness (QED) is 0.333. The van der Waals surface area contributed by atoms with Gasteiger partial charge in [-0.05, 0) is 38.0 Å². The van der Waals surface area contributed by atoms with Crippen molar-refractivity contribution in [2.75, 3.05) is 20.6 Å². The van der Waals surface area contributed by atoms with E-state index in [0.29, 0.717) is 12.1 Å². The minimum Gasteiger partial charge on any atom is -0.356 e. The van der Waals surface area contributed by atoms with Gasteiger partial charge in [0.05, 0.1) is 17.2 Å². The minimum absolute atomic E-state index is 0. The molecule has 2 rings (SSSR count).